The Morgan fingerprint density at radius 3 is 2.59 bits per heavy atom. The highest BCUT2D eigenvalue weighted by Crippen LogP contribution is 2.33. The van der Waals surface area contributed by atoms with Gasteiger partial charge in [0.2, 0.25) is 0 Å². The van der Waals surface area contributed by atoms with Gasteiger partial charge in [0.25, 0.3) is 0 Å². The summed E-state index contributed by atoms with van der Waals surface area (Å²) in [5.74, 6) is -2.11. The Morgan fingerprint density at radius 2 is 2.00 bits per heavy atom. The van der Waals surface area contributed by atoms with E-state index in [9.17, 15) is 18.0 Å². The Morgan fingerprint density at radius 1 is 1.32 bits per heavy atom. The predicted octanol–water partition coefficient (Wildman–Crippen LogP) is 3.46. The summed E-state index contributed by atoms with van der Waals surface area (Å²) in [5.41, 5.74) is 0.758. The molecule has 0 aromatic heterocycles. The van der Waals surface area contributed by atoms with Crippen molar-refractivity contribution in [2.75, 3.05) is 20.1 Å². The number of hydrogen-bond donors (Lipinski definition) is 1. The van der Waals surface area contributed by atoms with E-state index in [1.807, 2.05) is 0 Å². The lowest BCUT2D eigenvalue weighted by Crippen LogP contribution is -2.52. The van der Waals surface area contributed by atoms with Crippen molar-refractivity contribution >= 4 is 29.1 Å². The molecule has 1 aliphatic heterocycles. The van der Waals surface area contributed by atoms with E-state index >= 15 is 0 Å². The molecule has 122 valence electrons. The van der Waals surface area contributed by atoms with Gasteiger partial charge in [0.05, 0.1) is 10.0 Å². The number of rotatable bonds is 2. The third-order valence-electron chi connectivity index (χ3n) is 3.88. The first kappa shape index (κ1) is 17.4. The van der Waals surface area contributed by atoms with Crippen molar-refractivity contribution in [3.63, 3.8) is 0 Å². The topological polar surface area (TPSA) is 32.3 Å². The maximum atomic E-state index is 12.7. The average Bonchev–Trinajstić information content (AvgIpc) is 2.47. The van der Waals surface area contributed by atoms with Gasteiger partial charge in [0, 0.05) is 25.6 Å². The van der Waals surface area contributed by atoms with Crippen LogP contribution in [0.3, 0.4) is 0 Å². The molecule has 1 heterocycles. The minimum atomic E-state index is -4.87. The van der Waals surface area contributed by atoms with Gasteiger partial charge >= 0.3 is 12.1 Å². The molecule has 2 rings (SSSR count). The fourth-order valence-corrected chi connectivity index (χ4v) is 3.05. The first-order chi connectivity index (χ1) is 10.2. The molecule has 1 N–H and O–H groups in total. The third kappa shape index (κ3) is 3.67. The van der Waals surface area contributed by atoms with Crippen molar-refractivity contribution in [2.24, 2.45) is 0 Å². The number of alkyl halides is 3. The summed E-state index contributed by atoms with van der Waals surface area (Å²) < 4.78 is 38.0. The monoisotopic (exact) mass is 354 g/mol. The van der Waals surface area contributed by atoms with Gasteiger partial charge in [0.1, 0.15) is 0 Å². The molecular formula is C14H15Cl2F3N2O. The van der Waals surface area contributed by atoms with E-state index in [1.54, 1.807) is 18.2 Å². The van der Waals surface area contributed by atoms with E-state index in [0.717, 1.165) is 10.5 Å². The molecule has 1 fully saturated rings. The molecule has 1 aromatic rings. The highest BCUT2D eigenvalue weighted by Gasteiger charge is 2.45. The summed E-state index contributed by atoms with van der Waals surface area (Å²) in [6, 6.07) is 4.43. The van der Waals surface area contributed by atoms with Crippen LogP contribution in [0.4, 0.5) is 13.2 Å². The lowest BCUT2D eigenvalue weighted by molar-refractivity contribution is -0.187. The van der Waals surface area contributed by atoms with Crippen LogP contribution in [-0.4, -0.2) is 43.2 Å². The number of likely N-dealkylation sites (N-methyl/N-ethyl adjacent to an activating group) is 1. The maximum absolute atomic E-state index is 12.7. The smallest absolute Gasteiger partial charge is 0.334 e. The van der Waals surface area contributed by atoms with Crippen LogP contribution in [0.15, 0.2) is 18.2 Å². The first-order valence-electron chi connectivity index (χ1n) is 6.71. The van der Waals surface area contributed by atoms with E-state index in [0.29, 0.717) is 29.6 Å². The Bertz CT molecular complexity index is 566. The number of carbonyl (C=O) groups excluding carboxylic acids is 1. The van der Waals surface area contributed by atoms with Crippen molar-refractivity contribution in [3.8, 4) is 0 Å². The zero-order chi connectivity index (χ0) is 16.5. The molecule has 1 aliphatic rings. The van der Waals surface area contributed by atoms with Crippen LogP contribution in [0.25, 0.3) is 0 Å². The zero-order valence-corrected chi connectivity index (χ0v) is 13.3. The van der Waals surface area contributed by atoms with Crippen molar-refractivity contribution in [1.82, 2.24) is 10.2 Å². The molecule has 1 aromatic carbocycles. The first-order valence-corrected chi connectivity index (χ1v) is 7.47. The Hall–Kier alpha value is -0.980. The zero-order valence-electron chi connectivity index (χ0n) is 11.8. The van der Waals surface area contributed by atoms with Crippen LogP contribution < -0.4 is 5.32 Å². The van der Waals surface area contributed by atoms with Gasteiger partial charge in [-0.3, -0.25) is 4.79 Å². The van der Waals surface area contributed by atoms with Gasteiger partial charge in [-0.25, -0.2) is 0 Å². The quantitative estimate of drug-likeness (QED) is 0.881. The number of hydrogen-bond acceptors (Lipinski definition) is 2. The molecule has 0 saturated carbocycles. The second kappa shape index (κ2) is 6.64. The third-order valence-corrected chi connectivity index (χ3v) is 4.62. The summed E-state index contributed by atoms with van der Waals surface area (Å²) in [6.07, 6.45) is -4.44. The summed E-state index contributed by atoms with van der Waals surface area (Å²) in [5, 5.41) is 3.86. The highest BCUT2D eigenvalue weighted by molar-refractivity contribution is 6.42. The molecule has 1 saturated heterocycles. The molecule has 0 bridgehead atoms. The number of piperidine rings is 1. The fraction of sp³-hybridized carbons (Fsp3) is 0.500. The standard InChI is InChI=1S/C14H15Cl2F3N2O/c1-21(13(22)14(17,18)19)12-4-5-20-7-9(12)8-2-3-10(15)11(16)6-8/h2-3,6,9,12,20H,4-5,7H2,1H3/t9-,12+/m0/s1. The fourth-order valence-electron chi connectivity index (χ4n) is 2.74. The molecule has 22 heavy (non-hydrogen) atoms. The second-order valence-electron chi connectivity index (χ2n) is 5.25. The van der Waals surface area contributed by atoms with Gasteiger partial charge < -0.3 is 10.2 Å². The van der Waals surface area contributed by atoms with Crippen LogP contribution >= 0.6 is 23.2 Å². The van der Waals surface area contributed by atoms with Crippen LogP contribution in [0.1, 0.15) is 17.9 Å². The number of nitrogens with one attached hydrogen (secondary N) is 1. The molecule has 8 heteroatoms. The number of nitrogens with zero attached hydrogens (tertiary/aromatic N) is 1. The number of carbonyl (C=O) groups is 1. The summed E-state index contributed by atoms with van der Waals surface area (Å²) in [6.45, 7) is 1.02. The molecule has 0 aliphatic carbocycles. The van der Waals surface area contributed by atoms with Gasteiger partial charge in [-0.1, -0.05) is 29.3 Å². The SMILES string of the molecule is CN(C(=O)C(F)(F)F)[C@@H]1CCNC[C@H]1c1ccc(Cl)c(Cl)c1. The van der Waals surface area contributed by atoms with E-state index in [2.05, 4.69) is 5.32 Å². The highest BCUT2D eigenvalue weighted by atomic mass is 35.5. The van der Waals surface area contributed by atoms with E-state index < -0.39 is 18.1 Å². The lowest BCUT2D eigenvalue weighted by Gasteiger charge is -2.39. The molecule has 0 radical (unpaired) electrons. The molecular weight excluding hydrogens is 340 g/mol. The van der Waals surface area contributed by atoms with Crippen molar-refractivity contribution < 1.29 is 18.0 Å². The average molecular weight is 355 g/mol. The lowest BCUT2D eigenvalue weighted by atomic mass is 9.86. The Labute approximate surface area is 136 Å². The minimum absolute atomic E-state index is 0.278. The molecule has 0 spiro atoms. The maximum Gasteiger partial charge on any atom is 0.471 e. The largest absolute Gasteiger partial charge is 0.471 e. The molecule has 1 amide bonds. The van der Waals surface area contributed by atoms with Crippen LogP contribution in [0, 0.1) is 0 Å². The van der Waals surface area contributed by atoms with Crippen LogP contribution in [0.5, 0.6) is 0 Å². The van der Waals surface area contributed by atoms with Gasteiger partial charge in [0.15, 0.2) is 0 Å². The Kier molecular flexibility index (Phi) is 5.25. The predicted molar refractivity (Wildman–Crippen MR) is 79.3 cm³/mol. The van der Waals surface area contributed by atoms with Crippen molar-refractivity contribution in [3.05, 3.63) is 33.8 Å². The Balaban J connectivity index is 2.28. The van der Waals surface area contributed by atoms with Gasteiger partial charge in [-0.05, 0) is 30.7 Å². The summed E-state index contributed by atoms with van der Waals surface area (Å²) in [4.78, 5) is 12.3. The number of benzene rings is 1. The normalized spacial score (nSPS) is 22.5. The minimum Gasteiger partial charge on any atom is -0.334 e. The molecule has 2 atom stereocenters. The van der Waals surface area contributed by atoms with E-state index in [1.165, 1.54) is 7.05 Å². The summed E-state index contributed by atoms with van der Waals surface area (Å²) >= 11 is 11.9. The molecule has 0 unspecified atom stereocenters. The van der Waals surface area contributed by atoms with Gasteiger partial charge in [-0.2, -0.15) is 13.2 Å². The molecule has 3 nitrogen and oxygen atoms in total. The number of amides is 1. The van der Waals surface area contributed by atoms with E-state index in [-0.39, 0.29) is 5.92 Å². The summed E-state index contributed by atoms with van der Waals surface area (Å²) in [7, 11) is 1.19. The van der Waals surface area contributed by atoms with Crippen LogP contribution in [-0.2, 0) is 4.79 Å². The second-order valence-corrected chi connectivity index (χ2v) is 6.07. The van der Waals surface area contributed by atoms with Crippen molar-refractivity contribution in [1.29, 1.82) is 0 Å². The van der Waals surface area contributed by atoms with Gasteiger partial charge in [-0.15, -0.1) is 0 Å². The van der Waals surface area contributed by atoms with Crippen molar-refractivity contribution in [2.45, 2.75) is 24.6 Å². The van der Waals surface area contributed by atoms with E-state index in [4.69, 9.17) is 23.2 Å². The van der Waals surface area contributed by atoms with Crippen LogP contribution in [0.2, 0.25) is 10.0 Å². The number of halogens is 5.